The molecule has 136 valence electrons. The molecule has 0 aliphatic rings. The van der Waals surface area contributed by atoms with Crippen molar-refractivity contribution in [1.29, 1.82) is 0 Å². The molecule has 0 amide bonds. The maximum Gasteiger partial charge on any atom is 0.193 e. The second kappa shape index (κ2) is 12.5. The maximum absolute atomic E-state index is 5.74. The van der Waals surface area contributed by atoms with Crippen LogP contribution in [0.4, 0.5) is 0 Å². The number of pyridine rings is 1. The molecule has 2 rings (SSSR count). The van der Waals surface area contributed by atoms with Crippen LogP contribution in [0.3, 0.4) is 0 Å². The third-order valence-electron chi connectivity index (χ3n) is 3.49. The molecular formula is C19H27IN4O. The maximum atomic E-state index is 5.74. The van der Waals surface area contributed by atoms with E-state index in [1.807, 2.05) is 61.8 Å². The summed E-state index contributed by atoms with van der Waals surface area (Å²) in [6.07, 6.45) is 2.65. The molecule has 0 radical (unpaired) electrons. The predicted octanol–water partition coefficient (Wildman–Crippen LogP) is 3.22. The van der Waals surface area contributed by atoms with E-state index in [2.05, 4.69) is 27.1 Å². The number of ether oxygens (including phenoxy) is 1. The Morgan fingerprint density at radius 2 is 1.92 bits per heavy atom. The molecule has 0 saturated carbocycles. The van der Waals surface area contributed by atoms with Crippen LogP contribution in [0.5, 0.6) is 5.75 Å². The van der Waals surface area contributed by atoms with Crippen LogP contribution in [-0.2, 0) is 6.42 Å². The first-order chi connectivity index (χ1) is 11.8. The number of likely N-dealkylation sites (N-methyl/N-ethyl adjacent to an activating group) is 1. The van der Waals surface area contributed by atoms with Crippen molar-refractivity contribution < 1.29 is 4.74 Å². The van der Waals surface area contributed by atoms with E-state index >= 15 is 0 Å². The van der Waals surface area contributed by atoms with Crippen molar-refractivity contribution in [2.75, 3.05) is 33.3 Å². The smallest absolute Gasteiger partial charge is 0.193 e. The number of hydrogen-bond donors (Lipinski definition) is 1. The van der Waals surface area contributed by atoms with E-state index in [0.717, 1.165) is 36.9 Å². The normalized spacial score (nSPS) is 10.7. The van der Waals surface area contributed by atoms with Crippen LogP contribution in [0.15, 0.2) is 59.7 Å². The van der Waals surface area contributed by atoms with Gasteiger partial charge in [0.2, 0.25) is 0 Å². The number of hydrogen-bond acceptors (Lipinski definition) is 3. The number of para-hydroxylation sites is 1. The van der Waals surface area contributed by atoms with E-state index in [4.69, 9.17) is 4.74 Å². The van der Waals surface area contributed by atoms with Gasteiger partial charge in [0.05, 0.1) is 6.54 Å². The number of nitrogens with one attached hydrogen (secondary N) is 1. The lowest BCUT2D eigenvalue weighted by Gasteiger charge is -2.22. The third-order valence-corrected chi connectivity index (χ3v) is 3.49. The van der Waals surface area contributed by atoms with Gasteiger partial charge in [-0.25, -0.2) is 0 Å². The number of aromatic nitrogens is 1. The topological polar surface area (TPSA) is 49.8 Å². The van der Waals surface area contributed by atoms with Gasteiger partial charge in [0, 0.05) is 38.4 Å². The summed E-state index contributed by atoms with van der Waals surface area (Å²) in [5.41, 5.74) is 1.06. The van der Waals surface area contributed by atoms with Crippen molar-refractivity contribution in [2.24, 2.45) is 4.99 Å². The molecule has 25 heavy (non-hydrogen) atoms. The second-order valence-electron chi connectivity index (χ2n) is 5.39. The Morgan fingerprint density at radius 3 is 2.60 bits per heavy atom. The van der Waals surface area contributed by atoms with E-state index in [9.17, 15) is 0 Å². The SMILES string of the molecule is CCNC(=NCCc1ccccn1)N(C)CCOc1ccccc1.I. The van der Waals surface area contributed by atoms with Crippen LogP contribution in [0.1, 0.15) is 12.6 Å². The Labute approximate surface area is 167 Å². The molecule has 0 aliphatic heterocycles. The van der Waals surface area contributed by atoms with Crippen LogP contribution >= 0.6 is 24.0 Å². The van der Waals surface area contributed by atoms with Gasteiger partial charge in [0.25, 0.3) is 0 Å². The van der Waals surface area contributed by atoms with E-state index in [1.165, 1.54) is 0 Å². The molecule has 0 fully saturated rings. The molecule has 2 aromatic rings. The lowest BCUT2D eigenvalue weighted by atomic mass is 10.3. The number of aliphatic imine (C=N–C) groups is 1. The van der Waals surface area contributed by atoms with Crippen LogP contribution in [0, 0.1) is 0 Å². The van der Waals surface area contributed by atoms with Gasteiger partial charge >= 0.3 is 0 Å². The molecule has 0 unspecified atom stereocenters. The molecule has 0 aliphatic carbocycles. The Kier molecular flexibility index (Phi) is 10.6. The van der Waals surface area contributed by atoms with Crippen LogP contribution in [0.2, 0.25) is 0 Å². The monoisotopic (exact) mass is 454 g/mol. The highest BCUT2D eigenvalue weighted by molar-refractivity contribution is 14.0. The summed E-state index contributed by atoms with van der Waals surface area (Å²) in [6.45, 7) is 5.01. The fraction of sp³-hybridized carbons (Fsp3) is 0.368. The Bertz CT molecular complexity index is 607. The van der Waals surface area contributed by atoms with Crippen molar-refractivity contribution in [3.8, 4) is 5.75 Å². The summed E-state index contributed by atoms with van der Waals surface area (Å²) < 4.78 is 5.74. The molecular weight excluding hydrogens is 427 g/mol. The van der Waals surface area contributed by atoms with Crippen LogP contribution < -0.4 is 10.1 Å². The first-order valence-corrected chi connectivity index (χ1v) is 8.37. The first-order valence-electron chi connectivity index (χ1n) is 8.37. The zero-order valence-corrected chi connectivity index (χ0v) is 17.2. The second-order valence-corrected chi connectivity index (χ2v) is 5.39. The van der Waals surface area contributed by atoms with Gasteiger partial charge in [-0.15, -0.1) is 24.0 Å². The van der Waals surface area contributed by atoms with Crippen molar-refractivity contribution in [1.82, 2.24) is 15.2 Å². The number of nitrogens with zero attached hydrogens (tertiary/aromatic N) is 3. The molecule has 0 atom stereocenters. The zero-order valence-electron chi connectivity index (χ0n) is 14.9. The summed E-state index contributed by atoms with van der Waals surface area (Å²) in [5.74, 6) is 1.79. The van der Waals surface area contributed by atoms with Crippen molar-refractivity contribution in [3.05, 3.63) is 60.4 Å². The van der Waals surface area contributed by atoms with Crippen molar-refractivity contribution in [3.63, 3.8) is 0 Å². The van der Waals surface area contributed by atoms with Gasteiger partial charge < -0.3 is 15.0 Å². The average Bonchev–Trinajstić information content (AvgIpc) is 2.63. The van der Waals surface area contributed by atoms with E-state index in [0.29, 0.717) is 13.2 Å². The number of rotatable bonds is 8. The zero-order chi connectivity index (χ0) is 17.0. The fourth-order valence-electron chi connectivity index (χ4n) is 2.22. The molecule has 1 aromatic carbocycles. The lowest BCUT2D eigenvalue weighted by molar-refractivity contribution is 0.281. The molecule has 0 spiro atoms. The average molecular weight is 454 g/mol. The predicted molar refractivity (Wildman–Crippen MR) is 114 cm³/mol. The quantitative estimate of drug-likeness (QED) is 0.378. The lowest BCUT2D eigenvalue weighted by Crippen LogP contribution is -2.41. The summed E-state index contributed by atoms with van der Waals surface area (Å²) in [4.78, 5) is 11.1. The number of guanidine groups is 1. The largest absolute Gasteiger partial charge is 0.492 e. The van der Waals surface area contributed by atoms with Gasteiger partial charge in [-0.3, -0.25) is 9.98 Å². The molecule has 6 heteroatoms. The van der Waals surface area contributed by atoms with E-state index in [-0.39, 0.29) is 24.0 Å². The summed E-state index contributed by atoms with van der Waals surface area (Å²) in [5, 5.41) is 3.32. The third kappa shape index (κ3) is 8.20. The van der Waals surface area contributed by atoms with E-state index in [1.54, 1.807) is 0 Å². The Hall–Kier alpha value is -1.83. The minimum atomic E-state index is 0. The highest BCUT2D eigenvalue weighted by Crippen LogP contribution is 2.07. The van der Waals surface area contributed by atoms with Crippen LogP contribution in [-0.4, -0.2) is 49.1 Å². The van der Waals surface area contributed by atoms with Gasteiger partial charge in [-0.05, 0) is 31.2 Å². The van der Waals surface area contributed by atoms with Gasteiger partial charge in [-0.2, -0.15) is 0 Å². The minimum absolute atomic E-state index is 0. The fourth-order valence-corrected chi connectivity index (χ4v) is 2.22. The van der Waals surface area contributed by atoms with Gasteiger partial charge in [0.15, 0.2) is 5.96 Å². The molecule has 0 bridgehead atoms. The molecule has 5 nitrogen and oxygen atoms in total. The summed E-state index contributed by atoms with van der Waals surface area (Å²) >= 11 is 0. The van der Waals surface area contributed by atoms with Crippen molar-refractivity contribution >= 4 is 29.9 Å². The molecule has 1 heterocycles. The first kappa shape index (κ1) is 21.2. The highest BCUT2D eigenvalue weighted by atomic mass is 127. The van der Waals surface area contributed by atoms with E-state index < -0.39 is 0 Å². The van der Waals surface area contributed by atoms with Crippen molar-refractivity contribution in [2.45, 2.75) is 13.3 Å². The van der Waals surface area contributed by atoms with Crippen LogP contribution in [0.25, 0.3) is 0 Å². The molecule has 1 aromatic heterocycles. The van der Waals surface area contributed by atoms with Gasteiger partial charge in [0.1, 0.15) is 12.4 Å². The van der Waals surface area contributed by atoms with Gasteiger partial charge in [-0.1, -0.05) is 24.3 Å². The number of benzene rings is 1. The highest BCUT2D eigenvalue weighted by Gasteiger charge is 2.05. The minimum Gasteiger partial charge on any atom is -0.492 e. The Balaban J connectivity index is 0.00000312. The number of halogens is 1. The summed E-state index contributed by atoms with van der Waals surface area (Å²) in [7, 11) is 2.02. The summed E-state index contributed by atoms with van der Waals surface area (Å²) in [6, 6.07) is 15.8. The standard InChI is InChI=1S/C19H26N4O.HI/c1-3-20-19(22-14-12-17-9-7-8-13-21-17)23(2)15-16-24-18-10-5-4-6-11-18;/h4-11,13H,3,12,14-16H2,1-2H3,(H,20,22);1H. The molecule has 0 saturated heterocycles. The Morgan fingerprint density at radius 1 is 1.16 bits per heavy atom. The molecule has 1 N–H and O–H groups in total.